The summed E-state index contributed by atoms with van der Waals surface area (Å²) in [4.78, 5) is 28.3. The first kappa shape index (κ1) is 14.8. The Labute approximate surface area is 134 Å². The lowest BCUT2D eigenvalue weighted by molar-refractivity contribution is -0.131. The average molecular weight is 314 g/mol. The van der Waals surface area contributed by atoms with E-state index in [0.29, 0.717) is 38.2 Å². The average Bonchev–Trinajstić information content (AvgIpc) is 3.08. The summed E-state index contributed by atoms with van der Waals surface area (Å²) in [7, 11) is 0. The number of hydrogen-bond acceptors (Lipinski definition) is 3. The summed E-state index contributed by atoms with van der Waals surface area (Å²) in [5.74, 6) is 0.191. The van der Waals surface area contributed by atoms with Crippen molar-refractivity contribution < 1.29 is 9.59 Å². The van der Waals surface area contributed by atoms with Crippen LogP contribution in [-0.2, 0) is 11.2 Å². The van der Waals surface area contributed by atoms with Gasteiger partial charge in [-0.1, -0.05) is 18.2 Å². The monoisotopic (exact) mass is 314 g/mol. The lowest BCUT2D eigenvalue weighted by atomic mass is 10.1. The van der Waals surface area contributed by atoms with E-state index >= 15 is 0 Å². The number of nitrogens with zero attached hydrogens (tertiary/aromatic N) is 2. The van der Waals surface area contributed by atoms with Gasteiger partial charge in [-0.2, -0.15) is 11.3 Å². The van der Waals surface area contributed by atoms with Crippen molar-refractivity contribution in [1.29, 1.82) is 0 Å². The number of hydrogen-bond donors (Lipinski definition) is 0. The zero-order valence-corrected chi connectivity index (χ0v) is 13.1. The third-order valence-corrected chi connectivity index (χ3v) is 4.61. The Hall–Kier alpha value is -2.14. The normalized spacial score (nSPS) is 14.9. The highest BCUT2D eigenvalue weighted by molar-refractivity contribution is 7.08. The highest BCUT2D eigenvalue weighted by Crippen LogP contribution is 2.12. The lowest BCUT2D eigenvalue weighted by Gasteiger charge is -2.34. The van der Waals surface area contributed by atoms with Gasteiger partial charge >= 0.3 is 0 Å². The van der Waals surface area contributed by atoms with E-state index in [2.05, 4.69) is 0 Å². The maximum absolute atomic E-state index is 12.4. The number of amides is 2. The van der Waals surface area contributed by atoms with Crippen molar-refractivity contribution in [1.82, 2.24) is 9.80 Å². The van der Waals surface area contributed by atoms with Gasteiger partial charge < -0.3 is 9.80 Å². The predicted molar refractivity (Wildman–Crippen MR) is 86.9 cm³/mol. The number of thiophene rings is 1. The smallest absolute Gasteiger partial charge is 0.253 e. The van der Waals surface area contributed by atoms with Crippen LogP contribution < -0.4 is 0 Å². The van der Waals surface area contributed by atoms with Gasteiger partial charge in [-0.25, -0.2) is 0 Å². The molecule has 0 unspecified atom stereocenters. The van der Waals surface area contributed by atoms with Crippen LogP contribution in [0.15, 0.2) is 47.2 Å². The molecule has 1 aromatic heterocycles. The summed E-state index contributed by atoms with van der Waals surface area (Å²) < 4.78 is 0. The molecule has 0 bridgehead atoms. The van der Waals surface area contributed by atoms with Crippen LogP contribution >= 0.6 is 11.3 Å². The predicted octanol–water partition coefficient (Wildman–Crippen LogP) is 2.28. The van der Waals surface area contributed by atoms with Crippen LogP contribution in [-0.4, -0.2) is 47.8 Å². The molecule has 1 fully saturated rings. The molecule has 0 atom stereocenters. The second-order valence-corrected chi connectivity index (χ2v) is 6.13. The highest BCUT2D eigenvalue weighted by Gasteiger charge is 2.24. The summed E-state index contributed by atoms with van der Waals surface area (Å²) in [6.45, 7) is 2.43. The number of carbonyl (C=O) groups is 2. The van der Waals surface area contributed by atoms with Crippen molar-refractivity contribution in [2.24, 2.45) is 0 Å². The van der Waals surface area contributed by atoms with Gasteiger partial charge in [0.05, 0.1) is 6.42 Å². The second-order valence-electron chi connectivity index (χ2n) is 5.35. The van der Waals surface area contributed by atoms with Gasteiger partial charge in [-0.05, 0) is 34.5 Å². The first-order valence-electron chi connectivity index (χ1n) is 7.37. The van der Waals surface area contributed by atoms with Crippen molar-refractivity contribution >= 4 is 23.2 Å². The van der Waals surface area contributed by atoms with Crippen molar-refractivity contribution in [2.45, 2.75) is 6.42 Å². The maximum atomic E-state index is 12.4. The zero-order valence-electron chi connectivity index (χ0n) is 12.3. The van der Waals surface area contributed by atoms with Crippen molar-refractivity contribution in [3.05, 3.63) is 58.3 Å². The van der Waals surface area contributed by atoms with Crippen molar-refractivity contribution in [2.75, 3.05) is 26.2 Å². The minimum absolute atomic E-state index is 0.0468. The molecule has 4 nitrogen and oxygen atoms in total. The van der Waals surface area contributed by atoms with Crippen LogP contribution in [0.3, 0.4) is 0 Å². The summed E-state index contributed by atoms with van der Waals surface area (Å²) in [5.41, 5.74) is 1.78. The first-order chi connectivity index (χ1) is 10.7. The maximum Gasteiger partial charge on any atom is 0.253 e. The molecule has 2 aromatic rings. The number of piperazine rings is 1. The number of benzene rings is 1. The fourth-order valence-corrected chi connectivity index (χ4v) is 3.27. The van der Waals surface area contributed by atoms with Crippen LogP contribution in [0.4, 0.5) is 0 Å². The molecule has 0 spiro atoms. The lowest BCUT2D eigenvalue weighted by Crippen LogP contribution is -2.51. The van der Waals surface area contributed by atoms with Gasteiger partial charge in [-0.15, -0.1) is 0 Å². The summed E-state index contributed by atoms with van der Waals surface area (Å²) >= 11 is 1.61. The fraction of sp³-hybridized carbons (Fsp3) is 0.294. The molecular weight excluding hydrogens is 296 g/mol. The van der Waals surface area contributed by atoms with Gasteiger partial charge in [-0.3, -0.25) is 9.59 Å². The number of carbonyl (C=O) groups excluding carboxylic acids is 2. The van der Waals surface area contributed by atoms with E-state index in [1.165, 1.54) is 0 Å². The Morgan fingerprint density at radius 2 is 1.64 bits per heavy atom. The van der Waals surface area contributed by atoms with Crippen LogP contribution in [0, 0.1) is 0 Å². The minimum atomic E-state index is 0.0468. The summed E-state index contributed by atoms with van der Waals surface area (Å²) in [6.07, 6.45) is 0.454. The molecule has 0 saturated carbocycles. The van der Waals surface area contributed by atoms with Crippen molar-refractivity contribution in [3.63, 3.8) is 0 Å². The third-order valence-electron chi connectivity index (χ3n) is 3.88. The SMILES string of the molecule is O=C(Cc1ccsc1)N1CCN(C(=O)c2ccccc2)CC1. The van der Waals surface area contributed by atoms with E-state index < -0.39 is 0 Å². The van der Waals surface area contributed by atoms with Crippen LogP contribution in [0.2, 0.25) is 0 Å². The molecule has 2 heterocycles. The van der Waals surface area contributed by atoms with E-state index in [9.17, 15) is 9.59 Å². The molecule has 3 rings (SSSR count). The highest BCUT2D eigenvalue weighted by atomic mass is 32.1. The van der Waals surface area contributed by atoms with Gasteiger partial charge in [0.2, 0.25) is 5.91 Å². The molecule has 1 saturated heterocycles. The molecule has 1 aromatic carbocycles. The van der Waals surface area contributed by atoms with Gasteiger partial charge in [0.1, 0.15) is 0 Å². The minimum Gasteiger partial charge on any atom is -0.339 e. The quantitative estimate of drug-likeness (QED) is 0.872. The van der Waals surface area contributed by atoms with Crippen LogP contribution in [0.1, 0.15) is 15.9 Å². The van der Waals surface area contributed by atoms with Gasteiger partial charge in [0, 0.05) is 31.7 Å². The Morgan fingerprint density at radius 3 is 2.27 bits per heavy atom. The molecule has 1 aliphatic heterocycles. The van der Waals surface area contributed by atoms with Crippen LogP contribution in [0.25, 0.3) is 0 Å². The molecule has 0 radical (unpaired) electrons. The molecule has 5 heteroatoms. The zero-order chi connectivity index (χ0) is 15.4. The topological polar surface area (TPSA) is 40.6 Å². The van der Waals surface area contributed by atoms with E-state index in [1.54, 1.807) is 11.3 Å². The standard InChI is InChI=1S/C17H18N2O2S/c20-16(12-14-6-11-22-13-14)18-7-9-19(10-8-18)17(21)15-4-2-1-3-5-15/h1-6,11,13H,7-10,12H2. The molecule has 22 heavy (non-hydrogen) atoms. The van der Waals surface area contributed by atoms with E-state index in [1.807, 2.05) is 57.0 Å². The molecule has 0 aliphatic carbocycles. The Kier molecular flexibility index (Phi) is 4.53. The van der Waals surface area contributed by atoms with Crippen molar-refractivity contribution in [3.8, 4) is 0 Å². The van der Waals surface area contributed by atoms with E-state index in [0.717, 1.165) is 5.56 Å². The number of rotatable bonds is 3. The van der Waals surface area contributed by atoms with Gasteiger partial charge in [0.25, 0.3) is 5.91 Å². The largest absolute Gasteiger partial charge is 0.339 e. The summed E-state index contributed by atoms with van der Waals surface area (Å²) in [6, 6.07) is 11.3. The first-order valence-corrected chi connectivity index (χ1v) is 8.31. The fourth-order valence-electron chi connectivity index (χ4n) is 2.60. The Balaban J connectivity index is 1.54. The van der Waals surface area contributed by atoms with Crippen LogP contribution in [0.5, 0.6) is 0 Å². The molecule has 1 aliphatic rings. The molecule has 114 valence electrons. The molecule has 0 N–H and O–H groups in total. The Bertz CT molecular complexity index is 632. The summed E-state index contributed by atoms with van der Waals surface area (Å²) in [5, 5.41) is 3.99. The Morgan fingerprint density at radius 1 is 0.955 bits per heavy atom. The second kappa shape index (κ2) is 6.75. The molecular formula is C17H18N2O2S. The van der Waals surface area contributed by atoms with Gasteiger partial charge in [0.15, 0.2) is 0 Å². The molecule has 2 amide bonds. The van der Waals surface area contributed by atoms with E-state index in [4.69, 9.17) is 0 Å². The third kappa shape index (κ3) is 3.36. The van der Waals surface area contributed by atoms with E-state index in [-0.39, 0.29) is 11.8 Å².